The lowest BCUT2D eigenvalue weighted by molar-refractivity contribution is -0.134. The van der Waals surface area contributed by atoms with Crippen LogP contribution >= 0.6 is 0 Å². The van der Waals surface area contributed by atoms with Crippen LogP contribution in [-0.2, 0) is 11.3 Å². The summed E-state index contributed by atoms with van der Waals surface area (Å²) in [6, 6.07) is 5.25. The second-order valence-electron chi connectivity index (χ2n) is 4.80. The molecule has 1 aromatic heterocycles. The van der Waals surface area contributed by atoms with Crippen molar-refractivity contribution in [2.24, 2.45) is 11.7 Å². The molecule has 0 fully saturated rings. The molecule has 0 bridgehead atoms. The smallest absolute Gasteiger partial charge is 0.240 e. The summed E-state index contributed by atoms with van der Waals surface area (Å²) in [5.41, 5.74) is 6.83. The number of nitrogens with zero attached hydrogens (tertiary/aromatic N) is 3. The van der Waals surface area contributed by atoms with Crippen LogP contribution in [-0.4, -0.2) is 28.4 Å². The number of hydrogen-bond acceptors (Lipinski definition) is 4. The van der Waals surface area contributed by atoms with Gasteiger partial charge in [-0.2, -0.15) is 5.26 Å². The number of nitrogens with two attached hydrogens (primary N) is 1. The van der Waals surface area contributed by atoms with Crippen molar-refractivity contribution in [1.29, 1.82) is 5.26 Å². The Morgan fingerprint density at radius 1 is 1.58 bits per heavy atom. The summed E-state index contributed by atoms with van der Waals surface area (Å²) < 4.78 is 0. The van der Waals surface area contributed by atoms with Crippen LogP contribution in [0, 0.1) is 17.2 Å². The molecule has 1 amide bonds. The zero-order valence-corrected chi connectivity index (χ0v) is 11.4. The fourth-order valence-corrected chi connectivity index (χ4v) is 1.66. The first-order chi connectivity index (χ1) is 9.06. The highest BCUT2D eigenvalue weighted by Gasteiger charge is 2.23. The van der Waals surface area contributed by atoms with Gasteiger partial charge in [0.2, 0.25) is 5.91 Å². The zero-order valence-electron chi connectivity index (χ0n) is 11.4. The molecule has 2 N–H and O–H groups in total. The molecule has 1 aromatic rings. The van der Waals surface area contributed by atoms with Crippen molar-refractivity contribution in [3.63, 3.8) is 0 Å². The van der Waals surface area contributed by atoms with E-state index in [0.717, 1.165) is 5.56 Å². The highest BCUT2D eigenvalue weighted by molar-refractivity contribution is 5.81. The Morgan fingerprint density at radius 2 is 2.32 bits per heavy atom. The quantitative estimate of drug-likeness (QED) is 0.835. The number of aromatic nitrogens is 1. The third kappa shape index (κ3) is 4.68. The summed E-state index contributed by atoms with van der Waals surface area (Å²) in [4.78, 5) is 17.9. The van der Waals surface area contributed by atoms with Crippen LogP contribution < -0.4 is 5.73 Å². The van der Waals surface area contributed by atoms with Gasteiger partial charge in [-0.05, 0) is 17.5 Å². The van der Waals surface area contributed by atoms with Gasteiger partial charge in [0.05, 0.1) is 18.5 Å². The molecule has 0 aliphatic rings. The Kier molecular flexibility index (Phi) is 5.97. The molecular weight excluding hydrogens is 240 g/mol. The van der Waals surface area contributed by atoms with Gasteiger partial charge in [-0.3, -0.25) is 9.78 Å². The van der Waals surface area contributed by atoms with Gasteiger partial charge in [0.1, 0.15) is 0 Å². The average molecular weight is 260 g/mol. The molecule has 0 unspecified atom stereocenters. The van der Waals surface area contributed by atoms with Gasteiger partial charge < -0.3 is 10.6 Å². The van der Waals surface area contributed by atoms with Gasteiger partial charge in [-0.25, -0.2) is 0 Å². The van der Waals surface area contributed by atoms with Crippen molar-refractivity contribution in [3.8, 4) is 6.07 Å². The molecular formula is C14H20N4O. The number of hydrogen-bond donors (Lipinski definition) is 1. The first-order valence-electron chi connectivity index (χ1n) is 6.36. The Morgan fingerprint density at radius 3 is 2.84 bits per heavy atom. The number of pyridine rings is 1. The molecule has 0 aliphatic carbocycles. The highest BCUT2D eigenvalue weighted by Crippen LogP contribution is 2.09. The monoisotopic (exact) mass is 260 g/mol. The summed E-state index contributed by atoms with van der Waals surface area (Å²) >= 11 is 0. The molecule has 0 aliphatic heterocycles. The lowest BCUT2D eigenvalue weighted by Crippen LogP contribution is -2.46. The number of carbonyl (C=O) groups excluding carboxylic acids is 1. The Labute approximate surface area is 114 Å². The average Bonchev–Trinajstić information content (AvgIpc) is 2.42. The Bertz CT molecular complexity index is 439. The van der Waals surface area contributed by atoms with Gasteiger partial charge in [0.25, 0.3) is 0 Å². The maximum absolute atomic E-state index is 12.3. The molecule has 5 heteroatoms. The van der Waals surface area contributed by atoms with Crippen LogP contribution in [0.25, 0.3) is 0 Å². The molecule has 19 heavy (non-hydrogen) atoms. The minimum absolute atomic E-state index is 0.0750. The van der Waals surface area contributed by atoms with Crippen LogP contribution in [0.3, 0.4) is 0 Å². The second-order valence-corrected chi connectivity index (χ2v) is 4.80. The molecule has 1 rings (SSSR count). The van der Waals surface area contributed by atoms with Gasteiger partial charge >= 0.3 is 0 Å². The standard InChI is InChI=1S/C14H20N4O/c1-11(2)13(16)14(19)18(8-4-6-15)10-12-5-3-7-17-9-12/h3,5,7,9,11,13H,4,8,10,16H2,1-2H3/t13-/m0/s1. The topological polar surface area (TPSA) is 83.0 Å². The molecule has 0 spiro atoms. The van der Waals surface area contributed by atoms with Crippen molar-refractivity contribution >= 4 is 5.91 Å². The van der Waals surface area contributed by atoms with E-state index >= 15 is 0 Å². The first-order valence-corrected chi connectivity index (χ1v) is 6.36. The number of carbonyl (C=O) groups is 1. The lowest BCUT2D eigenvalue weighted by Gasteiger charge is -2.26. The van der Waals surface area contributed by atoms with E-state index in [1.807, 2.05) is 26.0 Å². The van der Waals surface area contributed by atoms with Crippen molar-refractivity contribution in [2.45, 2.75) is 32.9 Å². The zero-order chi connectivity index (χ0) is 14.3. The molecule has 0 radical (unpaired) electrons. The lowest BCUT2D eigenvalue weighted by atomic mass is 10.0. The van der Waals surface area contributed by atoms with Gasteiger partial charge in [-0.15, -0.1) is 0 Å². The van der Waals surface area contributed by atoms with Crippen LogP contribution in [0.1, 0.15) is 25.8 Å². The van der Waals surface area contributed by atoms with Crippen LogP contribution in [0.5, 0.6) is 0 Å². The van der Waals surface area contributed by atoms with E-state index in [1.54, 1.807) is 17.3 Å². The van der Waals surface area contributed by atoms with Crippen molar-refractivity contribution in [2.75, 3.05) is 6.54 Å². The third-order valence-electron chi connectivity index (χ3n) is 2.90. The second kappa shape index (κ2) is 7.49. The molecule has 1 heterocycles. The van der Waals surface area contributed by atoms with E-state index in [1.165, 1.54) is 0 Å². The predicted molar refractivity (Wildman–Crippen MR) is 72.7 cm³/mol. The summed E-state index contributed by atoms with van der Waals surface area (Å²) in [5.74, 6) is -0.0416. The van der Waals surface area contributed by atoms with E-state index in [0.29, 0.717) is 19.5 Å². The van der Waals surface area contributed by atoms with E-state index in [4.69, 9.17) is 11.0 Å². The Balaban J connectivity index is 2.77. The van der Waals surface area contributed by atoms with E-state index in [-0.39, 0.29) is 11.8 Å². The Hall–Kier alpha value is -1.93. The molecule has 0 saturated heterocycles. The highest BCUT2D eigenvalue weighted by atomic mass is 16.2. The third-order valence-corrected chi connectivity index (χ3v) is 2.90. The van der Waals surface area contributed by atoms with Gasteiger partial charge in [-0.1, -0.05) is 19.9 Å². The summed E-state index contributed by atoms with van der Waals surface area (Å²) in [6.45, 7) is 4.66. The minimum Gasteiger partial charge on any atom is -0.336 e. The maximum Gasteiger partial charge on any atom is 0.240 e. The maximum atomic E-state index is 12.3. The van der Waals surface area contributed by atoms with Crippen molar-refractivity contribution in [1.82, 2.24) is 9.88 Å². The van der Waals surface area contributed by atoms with Crippen LogP contribution in [0.4, 0.5) is 0 Å². The first kappa shape index (κ1) is 15.1. The van der Waals surface area contributed by atoms with E-state index < -0.39 is 6.04 Å². The van der Waals surface area contributed by atoms with Crippen molar-refractivity contribution < 1.29 is 4.79 Å². The van der Waals surface area contributed by atoms with Gasteiger partial charge in [0.15, 0.2) is 0 Å². The van der Waals surface area contributed by atoms with Gasteiger partial charge in [0, 0.05) is 25.5 Å². The van der Waals surface area contributed by atoms with Crippen LogP contribution in [0.2, 0.25) is 0 Å². The largest absolute Gasteiger partial charge is 0.336 e. The molecule has 102 valence electrons. The fraction of sp³-hybridized carbons (Fsp3) is 0.500. The van der Waals surface area contributed by atoms with E-state index in [2.05, 4.69) is 11.1 Å². The minimum atomic E-state index is -0.532. The summed E-state index contributed by atoms with van der Waals surface area (Å²) in [6.07, 6.45) is 3.70. The molecule has 0 saturated carbocycles. The molecule has 0 aromatic carbocycles. The SMILES string of the molecule is CC(C)[C@H](N)C(=O)N(CCC#N)Cc1cccnc1. The molecule has 5 nitrogen and oxygen atoms in total. The summed E-state index contributed by atoms with van der Waals surface area (Å²) in [7, 11) is 0. The molecule has 1 atom stereocenters. The predicted octanol–water partition coefficient (Wildman–Crippen LogP) is 1.31. The van der Waals surface area contributed by atoms with Crippen molar-refractivity contribution in [3.05, 3.63) is 30.1 Å². The normalized spacial score (nSPS) is 11.9. The fourth-order valence-electron chi connectivity index (χ4n) is 1.66. The number of amides is 1. The number of rotatable bonds is 6. The van der Waals surface area contributed by atoms with E-state index in [9.17, 15) is 4.79 Å². The summed E-state index contributed by atoms with van der Waals surface area (Å²) in [5, 5.41) is 8.68. The van der Waals surface area contributed by atoms with Crippen LogP contribution in [0.15, 0.2) is 24.5 Å². The number of nitriles is 1.